The maximum absolute atomic E-state index is 5.60. The second-order valence-corrected chi connectivity index (χ2v) is 6.80. The standard InChI is InChI=1S/C19H42N4O/c1-7-20-19(21-13-11-15-24-16-17(4)5)22-18(6)12-10-14-23(8-2)9-3/h17-18H,7-16H2,1-6H3,(H2,20,21,22). The van der Waals surface area contributed by atoms with Crippen LogP contribution in [0, 0.1) is 5.92 Å². The predicted octanol–water partition coefficient (Wildman–Crippen LogP) is 3.11. The molecule has 0 aromatic heterocycles. The first kappa shape index (κ1) is 23.2. The van der Waals surface area contributed by atoms with Crippen molar-refractivity contribution in [2.75, 3.05) is 45.9 Å². The number of aliphatic imine (C=N–C) groups is 1. The van der Waals surface area contributed by atoms with Crippen LogP contribution >= 0.6 is 0 Å². The van der Waals surface area contributed by atoms with Gasteiger partial charge < -0.3 is 20.3 Å². The van der Waals surface area contributed by atoms with E-state index in [4.69, 9.17) is 4.74 Å². The summed E-state index contributed by atoms with van der Waals surface area (Å²) in [7, 11) is 0. The number of hydrogen-bond donors (Lipinski definition) is 2. The smallest absolute Gasteiger partial charge is 0.191 e. The van der Waals surface area contributed by atoms with Crippen molar-refractivity contribution >= 4 is 5.96 Å². The van der Waals surface area contributed by atoms with E-state index in [0.29, 0.717) is 12.0 Å². The van der Waals surface area contributed by atoms with Crippen LogP contribution in [0.15, 0.2) is 4.99 Å². The Morgan fingerprint density at radius 1 is 1.08 bits per heavy atom. The summed E-state index contributed by atoms with van der Waals surface area (Å²) < 4.78 is 5.60. The fourth-order valence-electron chi connectivity index (χ4n) is 2.46. The molecule has 0 aromatic rings. The van der Waals surface area contributed by atoms with Crippen molar-refractivity contribution in [1.82, 2.24) is 15.5 Å². The average molecular weight is 343 g/mol. The van der Waals surface area contributed by atoms with Gasteiger partial charge in [-0.3, -0.25) is 4.99 Å². The molecule has 144 valence electrons. The molecule has 0 rings (SSSR count). The monoisotopic (exact) mass is 342 g/mol. The minimum atomic E-state index is 0.440. The van der Waals surface area contributed by atoms with Crippen molar-refractivity contribution in [2.24, 2.45) is 10.9 Å². The molecule has 1 atom stereocenters. The third kappa shape index (κ3) is 13.6. The van der Waals surface area contributed by atoms with Gasteiger partial charge in [0.15, 0.2) is 5.96 Å². The van der Waals surface area contributed by atoms with Crippen molar-refractivity contribution in [3.63, 3.8) is 0 Å². The third-order valence-electron chi connectivity index (χ3n) is 3.90. The number of rotatable bonds is 14. The molecule has 2 N–H and O–H groups in total. The van der Waals surface area contributed by atoms with Crippen LogP contribution in [0.3, 0.4) is 0 Å². The summed E-state index contributed by atoms with van der Waals surface area (Å²) in [6.07, 6.45) is 3.36. The zero-order valence-corrected chi connectivity index (χ0v) is 17.0. The summed E-state index contributed by atoms with van der Waals surface area (Å²) in [6, 6.07) is 0.440. The van der Waals surface area contributed by atoms with Gasteiger partial charge in [-0.1, -0.05) is 27.7 Å². The first-order valence-corrected chi connectivity index (χ1v) is 9.88. The van der Waals surface area contributed by atoms with E-state index in [2.05, 4.69) is 62.1 Å². The van der Waals surface area contributed by atoms with Crippen LogP contribution in [0.4, 0.5) is 0 Å². The van der Waals surface area contributed by atoms with E-state index in [-0.39, 0.29) is 0 Å². The van der Waals surface area contributed by atoms with Gasteiger partial charge in [-0.15, -0.1) is 0 Å². The molecule has 1 unspecified atom stereocenters. The summed E-state index contributed by atoms with van der Waals surface area (Å²) in [4.78, 5) is 7.13. The molecule has 0 aliphatic heterocycles. The summed E-state index contributed by atoms with van der Waals surface area (Å²) >= 11 is 0. The molecule has 0 bridgehead atoms. The van der Waals surface area contributed by atoms with Gasteiger partial charge in [0.25, 0.3) is 0 Å². The molecule has 0 aliphatic carbocycles. The Labute approximate surface area is 150 Å². The molecule has 5 heteroatoms. The molecule has 0 spiro atoms. The summed E-state index contributed by atoms with van der Waals surface area (Å²) in [5.74, 6) is 1.53. The molecule has 0 heterocycles. The van der Waals surface area contributed by atoms with Crippen LogP contribution in [-0.2, 0) is 4.74 Å². The van der Waals surface area contributed by atoms with Crippen LogP contribution in [0.2, 0.25) is 0 Å². The normalized spacial score (nSPS) is 13.6. The Morgan fingerprint density at radius 3 is 2.38 bits per heavy atom. The highest BCUT2D eigenvalue weighted by atomic mass is 16.5. The lowest BCUT2D eigenvalue weighted by Gasteiger charge is -2.21. The van der Waals surface area contributed by atoms with E-state index in [9.17, 15) is 0 Å². The molecule has 0 fully saturated rings. The minimum Gasteiger partial charge on any atom is -0.381 e. The number of hydrogen-bond acceptors (Lipinski definition) is 3. The summed E-state index contributed by atoms with van der Waals surface area (Å²) in [6.45, 7) is 19.9. The fraction of sp³-hybridized carbons (Fsp3) is 0.947. The van der Waals surface area contributed by atoms with Crippen LogP contribution in [0.1, 0.15) is 60.8 Å². The van der Waals surface area contributed by atoms with E-state index in [0.717, 1.165) is 51.8 Å². The van der Waals surface area contributed by atoms with Crippen LogP contribution in [0.25, 0.3) is 0 Å². The van der Waals surface area contributed by atoms with Gasteiger partial charge >= 0.3 is 0 Å². The first-order valence-electron chi connectivity index (χ1n) is 9.88. The van der Waals surface area contributed by atoms with Gasteiger partial charge in [-0.2, -0.15) is 0 Å². The predicted molar refractivity (Wildman–Crippen MR) is 106 cm³/mol. The number of ether oxygens (including phenoxy) is 1. The molecule has 0 amide bonds. The Balaban J connectivity index is 4.00. The molecule has 0 radical (unpaired) electrons. The van der Waals surface area contributed by atoms with Crippen LogP contribution in [0.5, 0.6) is 0 Å². The maximum atomic E-state index is 5.60. The Hall–Kier alpha value is -0.810. The number of guanidine groups is 1. The molecule has 24 heavy (non-hydrogen) atoms. The van der Waals surface area contributed by atoms with E-state index in [1.165, 1.54) is 19.4 Å². The lowest BCUT2D eigenvalue weighted by Crippen LogP contribution is -2.42. The van der Waals surface area contributed by atoms with Crippen molar-refractivity contribution in [3.8, 4) is 0 Å². The van der Waals surface area contributed by atoms with Gasteiger partial charge in [0, 0.05) is 32.3 Å². The minimum absolute atomic E-state index is 0.440. The first-order chi connectivity index (χ1) is 11.5. The summed E-state index contributed by atoms with van der Waals surface area (Å²) in [5, 5.41) is 6.85. The van der Waals surface area contributed by atoms with E-state index in [1.807, 2.05) is 0 Å². The largest absolute Gasteiger partial charge is 0.381 e. The quantitative estimate of drug-likeness (QED) is 0.289. The Bertz CT molecular complexity index is 304. The van der Waals surface area contributed by atoms with Crippen molar-refractivity contribution < 1.29 is 4.74 Å². The third-order valence-corrected chi connectivity index (χ3v) is 3.90. The van der Waals surface area contributed by atoms with Gasteiger partial charge in [-0.05, 0) is 58.7 Å². The fourth-order valence-corrected chi connectivity index (χ4v) is 2.46. The molecule has 0 aliphatic rings. The van der Waals surface area contributed by atoms with Gasteiger partial charge in [0.1, 0.15) is 0 Å². The van der Waals surface area contributed by atoms with E-state index >= 15 is 0 Å². The van der Waals surface area contributed by atoms with Gasteiger partial charge in [0.05, 0.1) is 0 Å². The summed E-state index contributed by atoms with van der Waals surface area (Å²) in [5.41, 5.74) is 0. The van der Waals surface area contributed by atoms with Crippen molar-refractivity contribution in [3.05, 3.63) is 0 Å². The molecule has 0 saturated carbocycles. The highest BCUT2D eigenvalue weighted by Gasteiger charge is 2.06. The number of nitrogens with one attached hydrogen (secondary N) is 2. The highest BCUT2D eigenvalue weighted by molar-refractivity contribution is 5.79. The zero-order valence-electron chi connectivity index (χ0n) is 17.0. The molecule has 0 saturated heterocycles. The van der Waals surface area contributed by atoms with E-state index in [1.54, 1.807) is 0 Å². The van der Waals surface area contributed by atoms with E-state index < -0.39 is 0 Å². The molecular formula is C19H42N4O. The molecule has 5 nitrogen and oxygen atoms in total. The lowest BCUT2D eigenvalue weighted by molar-refractivity contribution is 0.109. The molecule has 0 aromatic carbocycles. The lowest BCUT2D eigenvalue weighted by atomic mass is 10.2. The number of nitrogens with zero attached hydrogens (tertiary/aromatic N) is 2. The Morgan fingerprint density at radius 2 is 1.79 bits per heavy atom. The average Bonchev–Trinajstić information content (AvgIpc) is 2.54. The van der Waals surface area contributed by atoms with Crippen molar-refractivity contribution in [1.29, 1.82) is 0 Å². The molecular weight excluding hydrogens is 300 g/mol. The maximum Gasteiger partial charge on any atom is 0.191 e. The zero-order chi connectivity index (χ0) is 18.2. The second-order valence-electron chi connectivity index (χ2n) is 6.80. The Kier molecular flexibility index (Phi) is 15.2. The van der Waals surface area contributed by atoms with Gasteiger partial charge in [-0.25, -0.2) is 0 Å². The highest BCUT2D eigenvalue weighted by Crippen LogP contribution is 2.00. The second kappa shape index (κ2) is 15.7. The SMILES string of the molecule is CCNC(=NCCCOCC(C)C)NC(C)CCCN(CC)CC. The van der Waals surface area contributed by atoms with Crippen LogP contribution in [-0.4, -0.2) is 62.8 Å². The van der Waals surface area contributed by atoms with Gasteiger partial charge in [0.2, 0.25) is 0 Å². The van der Waals surface area contributed by atoms with Crippen molar-refractivity contribution in [2.45, 2.75) is 66.8 Å². The van der Waals surface area contributed by atoms with Crippen LogP contribution < -0.4 is 10.6 Å². The topological polar surface area (TPSA) is 48.9 Å².